The van der Waals surface area contributed by atoms with Gasteiger partial charge >= 0.3 is 0 Å². The van der Waals surface area contributed by atoms with E-state index in [4.69, 9.17) is 0 Å². The van der Waals surface area contributed by atoms with Gasteiger partial charge in [0.2, 0.25) is 5.91 Å². The maximum absolute atomic E-state index is 13.0. The minimum Gasteiger partial charge on any atom is -0.348 e. The number of benzene rings is 3. The highest BCUT2D eigenvalue weighted by Crippen LogP contribution is 2.41. The Labute approximate surface area is 164 Å². The van der Waals surface area contributed by atoms with Gasteiger partial charge in [-0.3, -0.25) is 9.10 Å². The van der Waals surface area contributed by atoms with Crippen molar-refractivity contribution in [2.45, 2.75) is 30.2 Å². The number of nitrogens with one attached hydrogen (secondary N) is 1. The van der Waals surface area contributed by atoms with Crippen molar-refractivity contribution in [2.24, 2.45) is 0 Å². The SMILES string of the molecule is O=C(CN1c2cccc3cccc(c23)S1(=O)=O)N[C@H]1CCCc2ccccc21. The summed E-state index contributed by atoms with van der Waals surface area (Å²) in [4.78, 5) is 13.1. The normalized spacial score (nSPS) is 19.4. The van der Waals surface area contributed by atoms with E-state index in [-0.39, 0.29) is 23.4 Å². The molecule has 1 atom stereocenters. The fourth-order valence-corrected chi connectivity index (χ4v) is 6.07. The number of amides is 1. The van der Waals surface area contributed by atoms with Gasteiger partial charge in [0.05, 0.1) is 16.6 Å². The molecule has 3 aromatic carbocycles. The van der Waals surface area contributed by atoms with E-state index in [9.17, 15) is 13.2 Å². The van der Waals surface area contributed by atoms with Gasteiger partial charge in [-0.05, 0) is 47.9 Å². The van der Waals surface area contributed by atoms with Gasteiger partial charge in [0.25, 0.3) is 10.0 Å². The van der Waals surface area contributed by atoms with Crippen LogP contribution in [0.1, 0.15) is 30.0 Å². The first-order valence-corrected chi connectivity index (χ1v) is 10.9. The van der Waals surface area contributed by atoms with Crippen LogP contribution >= 0.6 is 0 Å². The second kappa shape index (κ2) is 6.34. The Morgan fingerprint density at radius 2 is 1.82 bits per heavy atom. The standard InChI is InChI=1S/C22H20N2O3S/c25-21(23-18-11-3-7-15-6-1-2-10-17(15)18)14-24-19-12-4-8-16-9-5-13-20(22(16)19)28(24,26)27/h1-2,4-6,8-10,12-13,18H,3,7,11,14H2,(H,23,25)/t18-/m0/s1. The summed E-state index contributed by atoms with van der Waals surface area (Å²) in [7, 11) is -3.72. The molecule has 142 valence electrons. The fraction of sp³-hybridized carbons (Fsp3) is 0.227. The molecule has 28 heavy (non-hydrogen) atoms. The van der Waals surface area contributed by atoms with Crippen molar-refractivity contribution in [3.8, 4) is 0 Å². The van der Waals surface area contributed by atoms with Crippen molar-refractivity contribution >= 4 is 32.4 Å². The second-order valence-electron chi connectivity index (χ2n) is 7.35. The average Bonchev–Trinajstić information content (AvgIpc) is 2.92. The topological polar surface area (TPSA) is 66.5 Å². The fourth-order valence-electron chi connectivity index (χ4n) is 4.40. The molecule has 0 saturated carbocycles. The zero-order valence-corrected chi connectivity index (χ0v) is 16.1. The number of carbonyl (C=O) groups is 1. The molecule has 1 aliphatic heterocycles. The molecule has 0 saturated heterocycles. The molecule has 0 fully saturated rings. The lowest BCUT2D eigenvalue weighted by Gasteiger charge is -2.27. The Morgan fingerprint density at radius 3 is 2.68 bits per heavy atom. The Balaban J connectivity index is 1.43. The molecule has 1 amide bonds. The largest absolute Gasteiger partial charge is 0.348 e. The van der Waals surface area contributed by atoms with Gasteiger partial charge in [0.15, 0.2) is 0 Å². The lowest BCUT2D eigenvalue weighted by Crippen LogP contribution is -2.41. The van der Waals surface area contributed by atoms with Crippen LogP contribution in [0.25, 0.3) is 10.8 Å². The maximum Gasteiger partial charge on any atom is 0.265 e. The van der Waals surface area contributed by atoms with E-state index >= 15 is 0 Å². The van der Waals surface area contributed by atoms with Crippen molar-refractivity contribution in [1.29, 1.82) is 0 Å². The average molecular weight is 392 g/mol. The minimum absolute atomic E-state index is 0.0686. The zero-order valence-electron chi connectivity index (χ0n) is 15.3. The third kappa shape index (κ3) is 2.59. The predicted octanol–water partition coefficient (Wildman–Crippen LogP) is 3.54. The first kappa shape index (κ1) is 17.3. The molecule has 0 aromatic heterocycles. The molecule has 0 bridgehead atoms. The number of rotatable bonds is 3. The predicted molar refractivity (Wildman–Crippen MR) is 109 cm³/mol. The Morgan fingerprint density at radius 1 is 1.04 bits per heavy atom. The van der Waals surface area contributed by atoms with E-state index in [1.165, 1.54) is 9.87 Å². The summed E-state index contributed by atoms with van der Waals surface area (Å²) in [5, 5.41) is 4.61. The monoisotopic (exact) mass is 392 g/mol. The van der Waals surface area contributed by atoms with Gasteiger partial charge < -0.3 is 5.32 Å². The van der Waals surface area contributed by atoms with Gasteiger partial charge in [-0.25, -0.2) is 8.42 Å². The lowest BCUT2D eigenvalue weighted by atomic mass is 9.88. The van der Waals surface area contributed by atoms with Gasteiger partial charge in [0, 0.05) is 5.39 Å². The quantitative estimate of drug-likeness (QED) is 0.741. The van der Waals surface area contributed by atoms with Crippen LogP contribution in [0.15, 0.2) is 65.6 Å². The van der Waals surface area contributed by atoms with Crippen LogP contribution in [0, 0.1) is 0 Å². The number of sulfonamides is 1. The third-order valence-electron chi connectivity index (χ3n) is 5.67. The number of carbonyl (C=O) groups excluding carboxylic acids is 1. The molecule has 1 heterocycles. The van der Waals surface area contributed by atoms with E-state index in [1.54, 1.807) is 18.2 Å². The van der Waals surface area contributed by atoms with Crippen LogP contribution in [-0.4, -0.2) is 20.9 Å². The van der Waals surface area contributed by atoms with Gasteiger partial charge in [-0.15, -0.1) is 0 Å². The number of fused-ring (bicyclic) bond motifs is 1. The summed E-state index contributed by atoms with van der Waals surface area (Å²) in [5.41, 5.74) is 2.97. The highest BCUT2D eigenvalue weighted by atomic mass is 32.2. The Hall–Kier alpha value is -2.86. The van der Waals surface area contributed by atoms with Crippen LogP contribution in [0.3, 0.4) is 0 Å². The molecule has 0 radical (unpaired) electrons. The molecule has 3 aromatic rings. The molecular formula is C22H20N2O3S. The van der Waals surface area contributed by atoms with Crippen LogP contribution in [0.4, 0.5) is 5.69 Å². The van der Waals surface area contributed by atoms with E-state index in [1.807, 2.05) is 36.4 Å². The van der Waals surface area contributed by atoms with Gasteiger partial charge in [0.1, 0.15) is 6.54 Å². The summed E-state index contributed by atoms with van der Waals surface area (Å²) >= 11 is 0. The van der Waals surface area contributed by atoms with Crippen molar-refractivity contribution in [2.75, 3.05) is 10.8 Å². The van der Waals surface area contributed by atoms with Crippen LogP contribution in [0.5, 0.6) is 0 Å². The van der Waals surface area contributed by atoms with Crippen molar-refractivity contribution in [1.82, 2.24) is 5.32 Å². The first-order chi connectivity index (χ1) is 13.6. The Bertz CT molecular complexity index is 1200. The number of aryl methyl sites for hydroxylation is 1. The van der Waals surface area contributed by atoms with E-state index in [2.05, 4.69) is 11.4 Å². The maximum atomic E-state index is 13.0. The summed E-state index contributed by atoms with van der Waals surface area (Å²) in [6.45, 7) is -0.213. The number of nitrogens with zero attached hydrogens (tertiary/aromatic N) is 1. The van der Waals surface area contributed by atoms with Crippen LogP contribution in [-0.2, 0) is 21.2 Å². The smallest absolute Gasteiger partial charge is 0.265 e. The molecule has 5 nitrogen and oxygen atoms in total. The number of hydrogen-bond donors (Lipinski definition) is 1. The molecule has 1 N–H and O–H groups in total. The molecular weight excluding hydrogens is 372 g/mol. The van der Waals surface area contributed by atoms with Gasteiger partial charge in [-0.1, -0.05) is 48.5 Å². The highest BCUT2D eigenvalue weighted by Gasteiger charge is 2.37. The molecule has 0 spiro atoms. The van der Waals surface area contributed by atoms with E-state index in [0.717, 1.165) is 30.2 Å². The number of hydrogen-bond acceptors (Lipinski definition) is 3. The lowest BCUT2D eigenvalue weighted by molar-refractivity contribution is -0.120. The number of anilines is 1. The van der Waals surface area contributed by atoms with Crippen molar-refractivity contribution < 1.29 is 13.2 Å². The Kier molecular flexibility index (Phi) is 3.91. The highest BCUT2D eigenvalue weighted by molar-refractivity contribution is 7.93. The van der Waals surface area contributed by atoms with E-state index < -0.39 is 10.0 Å². The zero-order chi connectivity index (χ0) is 19.3. The van der Waals surface area contributed by atoms with Crippen molar-refractivity contribution in [3.05, 3.63) is 71.8 Å². The third-order valence-corrected chi connectivity index (χ3v) is 7.48. The second-order valence-corrected chi connectivity index (χ2v) is 9.18. The molecule has 0 unspecified atom stereocenters. The first-order valence-electron chi connectivity index (χ1n) is 9.47. The summed E-state index contributed by atoms with van der Waals surface area (Å²) in [5.74, 6) is -0.282. The molecule has 2 aliphatic rings. The van der Waals surface area contributed by atoms with Gasteiger partial charge in [-0.2, -0.15) is 0 Å². The summed E-state index contributed by atoms with van der Waals surface area (Å²) < 4.78 is 27.3. The van der Waals surface area contributed by atoms with E-state index in [0.29, 0.717) is 11.1 Å². The molecule has 6 heteroatoms. The van der Waals surface area contributed by atoms with Crippen LogP contribution in [0.2, 0.25) is 0 Å². The minimum atomic E-state index is -3.72. The van der Waals surface area contributed by atoms with Crippen LogP contribution < -0.4 is 9.62 Å². The molecule has 5 rings (SSSR count). The van der Waals surface area contributed by atoms with Crippen molar-refractivity contribution in [3.63, 3.8) is 0 Å². The molecule has 1 aliphatic carbocycles. The summed E-state index contributed by atoms with van der Waals surface area (Å²) in [6.07, 6.45) is 2.89. The summed E-state index contributed by atoms with van der Waals surface area (Å²) in [6, 6.07) is 18.8.